The second-order valence-corrected chi connectivity index (χ2v) is 6.71. The SMILES string of the molecule is c1ccc(CNc2nccc(-c3ccc4noc(-c5ccccc5)c4c3)n2)cc1. The summed E-state index contributed by atoms with van der Waals surface area (Å²) in [6.07, 6.45) is 1.77. The monoisotopic (exact) mass is 378 g/mol. The third-order valence-electron chi connectivity index (χ3n) is 4.76. The van der Waals surface area contributed by atoms with Gasteiger partial charge in [-0.1, -0.05) is 71.9 Å². The molecule has 0 aliphatic rings. The Kier molecular flexibility index (Phi) is 4.47. The van der Waals surface area contributed by atoms with Gasteiger partial charge >= 0.3 is 0 Å². The minimum Gasteiger partial charge on any atom is -0.355 e. The smallest absolute Gasteiger partial charge is 0.223 e. The average molecular weight is 378 g/mol. The van der Waals surface area contributed by atoms with Crippen LogP contribution in [0.4, 0.5) is 5.95 Å². The molecule has 0 atom stereocenters. The first kappa shape index (κ1) is 17.1. The molecule has 0 bridgehead atoms. The Labute approximate surface area is 168 Å². The molecule has 0 saturated carbocycles. The molecule has 1 N–H and O–H groups in total. The van der Waals surface area contributed by atoms with Gasteiger partial charge in [0.1, 0.15) is 5.52 Å². The topological polar surface area (TPSA) is 63.8 Å². The van der Waals surface area contributed by atoms with Crippen molar-refractivity contribution in [3.8, 4) is 22.6 Å². The van der Waals surface area contributed by atoms with E-state index in [1.54, 1.807) is 6.20 Å². The van der Waals surface area contributed by atoms with Gasteiger partial charge < -0.3 is 9.84 Å². The van der Waals surface area contributed by atoms with Crippen LogP contribution in [-0.4, -0.2) is 15.1 Å². The lowest BCUT2D eigenvalue weighted by Gasteiger charge is -2.07. The van der Waals surface area contributed by atoms with E-state index in [9.17, 15) is 0 Å². The fourth-order valence-corrected chi connectivity index (χ4v) is 3.28. The van der Waals surface area contributed by atoms with Crippen LogP contribution in [0.25, 0.3) is 33.5 Å². The molecule has 5 heteroatoms. The normalized spacial score (nSPS) is 10.9. The molecule has 0 aliphatic carbocycles. The Balaban J connectivity index is 1.46. The first-order chi connectivity index (χ1) is 14.4. The third kappa shape index (κ3) is 3.58. The van der Waals surface area contributed by atoms with Crippen molar-refractivity contribution in [1.82, 2.24) is 15.1 Å². The van der Waals surface area contributed by atoms with Gasteiger partial charge in [-0.15, -0.1) is 0 Å². The van der Waals surface area contributed by atoms with Crippen LogP contribution in [0.15, 0.2) is 95.6 Å². The molecule has 29 heavy (non-hydrogen) atoms. The summed E-state index contributed by atoms with van der Waals surface area (Å²) in [6.45, 7) is 0.674. The Morgan fingerprint density at radius 2 is 1.59 bits per heavy atom. The third-order valence-corrected chi connectivity index (χ3v) is 4.76. The molecule has 0 amide bonds. The summed E-state index contributed by atoms with van der Waals surface area (Å²) in [4.78, 5) is 9.02. The number of anilines is 1. The molecule has 5 nitrogen and oxygen atoms in total. The standard InChI is InChI=1S/C24H18N4O/c1-3-7-17(8-4-1)16-26-24-25-14-13-21(27-24)19-11-12-22-20(15-19)23(29-28-22)18-9-5-2-6-10-18/h1-15H,16H2,(H,25,26,27). The van der Waals surface area contributed by atoms with E-state index < -0.39 is 0 Å². The Hall–Kier alpha value is -3.99. The second kappa shape index (κ2) is 7.56. The van der Waals surface area contributed by atoms with Crippen molar-refractivity contribution >= 4 is 16.9 Å². The van der Waals surface area contributed by atoms with Crippen molar-refractivity contribution < 1.29 is 4.52 Å². The van der Waals surface area contributed by atoms with Crippen LogP contribution in [0, 0.1) is 0 Å². The molecule has 3 aromatic carbocycles. The van der Waals surface area contributed by atoms with Crippen molar-refractivity contribution in [1.29, 1.82) is 0 Å². The number of rotatable bonds is 5. The van der Waals surface area contributed by atoms with E-state index in [0.29, 0.717) is 12.5 Å². The highest BCUT2D eigenvalue weighted by Gasteiger charge is 2.12. The molecule has 0 radical (unpaired) electrons. The van der Waals surface area contributed by atoms with Gasteiger partial charge in [-0.05, 0) is 23.8 Å². The largest absolute Gasteiger partial charge is 0.355 e. The van der Waals surface area contributed by atoms with E-state index in [4.69, 9.17) is 4.52 Å². The summed E-state index contributed by atoms with van der Waals surface area (Å²) in [7, 11) is 0. The Bertz CT molecular complexity index is 1250. The number of nitrogens with zero attached hydrogens (tertiary/aromatic N) is 3. The van der Waals surface area contributed by atoms with Crippen molar-refractivity contribution in [2.24, 2.45) is 0 Å². The zero-order chi connectivity index (χ0) is 19.5. The Morgan fingerprint density at radius 1 is 0.793 bits per heavy atom. The van der Waals surface area contributed by atoms with E-state index >= 15 is 0 Å². The van der Waals surface area contributed by atoms with E-state index in [-0.39, 0.29) is 0 Å². The molecular weight excluding hydrogens is 360 g/mol. The fraction of sp³-hybridized carbons (Fsp3) is 0.0417. The number of hydrogen-bond acceptors (Lipinski definition) is 5. The molecule has 0 saturated heterocycles. The predicted molar refractivity (Wildman–Crippen MR) is 114 cm³/mol. The Morgan fingerprint density at radius 3 is 2.41 bits per heavy atom. The van der Waals surface area contributed by atoms with Crippen molar-refractivity contribution in [3.63, 3.8) is 0 Å². The minimum absolute atomic E-state index is 0.597. The second-order valence-electron chi connectivity index (χ2n) is 6.71. The molecule has 0 aliphatic heterocycles. The fourth-order valence-electron chi connectivity index (χ4n) is 3.28. The average Bonchev–Trinajstić information content (AvgIpc) is 3.22. The van der Waals surface area contributed by atoms with Gasteiger partial charge in [0.15, 0.2) is 5.76 Å². The summed E-state index contributed by atoms with van der Waals surface area (Å²) < 4.78 is 5.61. The lowest BCUT2D eigenvalue weighted by Crippen LogP contribution is -2.03. The highest BCUT2D eigenvalue weighted by atomic mass is 16.5. The maximum atomic E-state index is 5.61. The van der Waals surface area contributed by atoms with Crippen LogP contribution in [0.1, 0.15) is 5.56 Å². The van der Waals surface area contributed by atoms with Gasteiger partial charge in [-0.3, -0.25) is 0 Å². The van der Waals surface area contributed by atoms with Gasteiger partial charge in [-0.2, -0.15) is 0 Å². The molecule has 5 rings (SSSR count). The number of hydrogen-bond donors (Lipinski definition) is 1. The molecular formula is C24H18N4O. The molecule has 140 valence electrons. The highest BCUT2D eigenvalue weighted by molar-refractivity contribution is 5.94. The van der Waals surface area contributed by atoms with Crippen LogP contribution < -0.4 is 5.32 Å². The lowest BCUT2D eigenvalue weighted by atomic mass is 10.0. The lowest BCUT2D eigenvalue weighted by molar-refractivity contribution is 0.441. The van der Waals surface area contributed by atoms with Crippen LogP contribution in [-0.2, 0) is 6.54 Å². The minimum atomic E-state index is 0.597. The highest BCUT2D eigenvalue weighted by Crippen LogP contribution is 2.31. The molecule has 0 spiro atoms. The first-order valence-electron chi connectivity index (χ1n) is 9.43. The summed E-state index contributed by atoms with van der Waals surface area (Å²) in [5, 5.41) is 8.44. The molecule has 2 aromatic heterocycles. The number of nitrogens with one attached hydrogen (secondary N) is 1. The molecule has 0 unspecified atom stereocenters. The van der Waals surface area contributed by atoms with Crippen molar-refractivity contribution in [2.45, 2.75) is 6.54 Å². The van der Waals surface area contributed by atoms with E-state index in [0.717, 1.165) is 33.5 Å². The van der Waals surface area contributed by atoms with Gasteiger partial charge in [0.2, 0.25) is 5.95 Å². The maximum absolute atomic E-state index is 5.61. The molecule has 5 aromatic rings. The van der Waals surface area contributed by atoms with Crippen LogP contribution in [0.3, 0.4) is 0 Å². The van der Waals surface area contributed by atoms with Crippen LogP contribution >= 0.6 is 0 Å². The first-order valence-corrected chi connectivity index (χ1v) is 9.43. The molecule has 0 fully saturated rings. The summed E-state index contributed by atoms with van der Waals surface area (Å²) in [6, 6.07) is 28.1. The summed E-state index contributed by atoms with van der Waals surface area (Å²) in [5.74, 6) is 1.36. The van der Waals surface area contributed by atoms with Crippen LogP contribution in [0.5, 0.6) is 0 Å². The number of fused-ring (bicyclic) bond motifs is 1. The van der Waals surface area contributed by atoms with E-state index in [1.807, 2.05) is 66.7 Å². The zero-order valence-electron chi connectivity index (χ0n) is 15.6. The predicted octanol–water partition coefficient (Wildman–Crippen LogP) is 5.56. The van der Waals surface area contributed by atoms with Gasteiger partial charge in [-0.25, -0.2) is 9.97 Å². The van der Waals surface area contributed by atoms with Crippen molar-refractivity contribution in [3.05, 3.63) is 96.7 Å². The van der Waals surface area contributed by atoms with Gasteiger partial charge in [0.05, 0.1) is 11.1 Å². The van der Waals surface area contributed by atoms with Gasteiger partial charge in [0, 0.05) is 23.9 Å². The summed E-state index contributed by atoms with van der Waals surface area (Å²) >= 11 is 0. The van der Waals surface area contributed by atoms with E-state index in [2.05, 4.69) is 38.6 Å². The number of aromatic nitrogens is 3. The zero-order valence-corrected chi connectivity index (χ0v) is 15.6. The summed E-state index contributed by atoms with van der Waals surface area (Å²) in [5.41, 5.74) is 4.84. The van der Waals surface area contributed by atoms with Crippen molar-refractivity contribution in [2.75, 3.05) is 5.32 Å². The van der Waals surface area contributed by atoms with Crippen LogP contribution in [0.2, 0.25) is 0 Å². The maximum Gasteiger partial charge on any atom is 0.223 e. The van der Waals surface area contributed by atoms with E-state index in [1.165, 1.54) is 5.56 Å². The quantitative estimate of drug-likeness (QED) is 0.433. The molecule has 2 heterocycles. The van der Waals surface area contributed by atoms with Gasteiger partial charge in [0.25, 0.3) is 0 Å². The number of benzene rings is 3.